The van der Waals surface area contributed by atoms with Crippen LogP contribution in [0.4, 0.5) is 0 Å². The van der Waals surface area contributed by atoms with Crippen LogP contribution in [0.5, 0.6) is 0 Å². The first-order valence-electron chi connectivity index (χ1n) is 6.87. The quantitative estimate of drug-likeness (QED) is 0.869. The molecule has 1 amide bonds. The number of H-pyrrole nitrogens is 1. The molecule has 0 spiro atoms. The van der Waals surface area contributed by atoms with Gasteiger partial charge in [0.2, 0.25) is 0 Å². The van der Waals surface area contributed by atoms with Crippen LogP contribution in [0, 0.1) is 0 Å². The van der Waals surface area contributed by atoms with Crippen molar-refractivity contribution in [3.63, 3.8) is 0 Å². The van der Waals surface area contributed by atoms with E-state index in [1.54, 1.807) is 6.20 Å². The lowest BCUT2D eigenvalue weighted by atomic mass is 10.1. The maximum atomic E-state index is 12.5. The summed E-state index contributed by atoms with van der Waals surface area (Å²) in [6.07, 6.45) is 6.84. The van der Waals surface area contributed by atoms with Crippen LogP contribution in [0.3, 0.4) is 0 Å². The number of carbonyl (C=O) groups excluding carboxylic acids is 1. The lowest BCUT2D eigenvalue weighted by Gasteiger charge is -2.23. The third kappa shape index (κ3) is 2.25. The van der Waals surface area contributed by atoms with E-state index in [-0.39, 0.29) is 11.9 Å². The van der Waals surface area contributed by atoms with Crippen LogP contribution in [-0.4, -0.2) is 33.6 Å². The number of rotatable bonds is 3. The summed E-state index contributed by atoms with van der Waals surface area (Å²) in [5.41, 5.74) is 2.72. The number of hydrogen-bond acceptors (Lipinski definition) is 2. The van der Waals surface area contributed by atoms with Crippen molar-refractivity contribution in [2.75, 3.05) is 6.54 Å². The first kappa shape index (κ1) is 12.7. The second-order valence-electron chi connectivity index (χ2n) is 4.91. The highest BCUT2D eigenvalue weighted by Gasteiger charge is 2.24. The predicted molar refractivity (Wildman–Crippen MR) is 78.3 cm³/mol. The van der Waals surface area contributed by atoms with Gasteiger partial charge in [0.1, 0.15) is 0 Å². The van der Waals surface area contributed by atoms with Crippen molar-refractivity contribution in [2.45, 2.75) is 19.4 Å². The van der Waals surface area contributed by atoms with Gasteiger partial charge in [-0.25, -0.2) is 0 Å². The number of hydrogen-bond donors (Lipinski definition) is 1. The predicted octanol–water partition coefficient (Wildman–Crippen LogP) is 2.87. The fourth-order valence-electron chi connectivity index (χ4n) is 2.54. The fourth-order valence-corrected chi connectivity index (χ4v) is 2.54. The van der Waals surface area contributed by atoms with Gasteiger partial charge in [0.15, 0.2) is 0 Å². The molecule has 4 heteroatoms. The molecule has 0 bridgehead atoms. The Morgan fingerprint density at radius 2 is 2.15 bits per heavy atom. The molecule has 20 heavy (non-hydrogen) atoms. The van der Waals surface area contributed by atoms with Crippen LogP contribution in [-0.2, 0) is 0 Å². The molecule has 0 fully saturated rings. The standard InChI is InChI=1S/C16H17N3O/c1-2-14-4-3-11-19(14)16(20)13-7-5-12(6-8-13)15-9-10-17-18-15/h3-10,14H,2,11H2,1H3,(H,17,18)/t14-/m1/s1. The number of benzene rings is 1. The second kappa shape index (κ2) is 5.33. The lowest BCUT2D eigenvalue weighted by molar-refractivity contribution is 0.0747. The van der Waals surface area contributed by atoms with Crippen molar-refractivity contribution >= 4 is 5.91 Å². The number of amides is 1. The largest absolute Gasteiger partial charge is 0.329 e. The van der Waals surface area contributed by atoms with Gasteiger partial charge in [-0.15, -0.1) is 0 Å². The van der Waals surface area contributed by atoms with Gasteiger partial charge < -0.3 is 4.90 Å². The van der Waals surface area contributed by atoms with Crippen LogP contribution in [0.2, 0.25) is 0 Å². The number of aromatic amines is 1. The Morgan fingerprint density at radius 3 is 2.80 bits per heavy atom. The molecule has 0 saturated carbocycles. The zero-order valence-electron chi connectivity index (χ0n) is 11.4. The van der Waals surface area contributed by atoms with Crippen molar-refractivity contribution in [3.8, 4) is 11.3 Å². The lowest BCUT2D eigenvalue weighted by Crippen LogP contribution is -2.35. The molecule has 0 aliphatic carbocycles. The Labute approximate surface area is 118 Å². The van der Waals surface area contributed by atoms with Gasteiger partial charge in [-0.1, -0.05) is 31.2 Å². The molecule has 1 aromatic heterocycles. The van der Waals surface area contributed by atoms with E-state index in [1.165, 1.54) is 0 Å². The average molecular weight is 267 g/mol. The van der Waals surface area contributed by atoms with Crippen molar-refractivity contribution in [3.05, 3.63) is 54.2 Å². The Bertz CT molecular complexity index is 614. The maximum absolute atomic E-state index is 12.5. The van der Waals surface area contributed by atoms with Crippen LogP contribution in [0.1, 0.15) is 23.7 Å². The minimum Gasteiger partial charge on any atom is -0.329 e. The summed E-state index contributed by atoms with van der Waals surface area (Å²) >= 11 is 0. The first-order valence-corrected chi connectivity index (χ1v) is 6.87. The summed E-state index contributed by atoms with van der Waals surface area (Å²) in [7, 11) is 0. The molecule has 1 aliphatic rings. The fraction of sp³-hybridized carbons (Fsp3) is 0.250. The van der Waals surface area contributed by atoms with Gasteiger partial charge in [0.25, 0.3) is 5.91 Å². The van der Waals surface area contributed by atoms with Crippen LogP contribution >= 0.6 is 0 Å². The van der Waals surface area contributed by atoms with Crippen LogP contribution in [0.25, 0.3) is 11.3 Å². The van der Waals surface area contributed by atoms with Gasteiger partial charge in [0.05, 0.1) is 11.7 Å². The van der Waals surface area contributed by atoms with E-state index in [9.17, 15) is 4.79 Å². The molecule has 102 valence electrons. The maximum Gasteiger partial charge on any atom is 0.254 e. The summed E-state index contributed by atoms with van der Waals surface area (Å²) in [6.45, 7) is 2.81. The Kier molecular flexibility index (Phi) is 3.37. The highest BCUT2D eigenvalue weighted by molar-refractivity contribution is 5.95. The number of carbonyl (C=O) groups is 1. The van der Waals surface area contributed by atoms with Gasteiger partial charge in [-0.3, -0.25) is 9.89 Å². The highest BCUT2D eigenvalue weighted by atomic mass is 16.2. The molecule has 0 saturated heterocycles. The molecule has 0 radical (unpaired) electrons. The SMILES string of the molecule is CC[C@@H]1C=CCN1C(=O)c1ccc(-c2ccn[nH]2)cc1. The molecule has 2 aromatic rings. The Hall–Kier alpha value is -2.36. The monoisotopic (exact) mass is 267 g/mol. The molecule has 0 unspecified atom stereocenters. The van der Waals surface area contributed by atoms with Crippen molar-refractivity contribution in [1.29, 1.82) is 0 Å². The molecular weight excluding hydrogens is 250 g/mol. The topological polar surface area (TPSA) is 49.0 Å². The van der Waals surface area contributed by atoms with Crippen LogP contribution in [0.15, 0.2) is 48.7 Å². The van der Waals surface area contributed by atoms with Gasteiger partial charge in [-0.2, -0.15) is 5.10 Å². The molecular formula is C16H17N3O. The summed E-state index contributed by atoms with van der Waals surface area (Å²) in [5.74, 6) is 0.0954. The molecule has 2 heterocycles. The zero-order valence-corrected chi connectivity index (χ0v) is 11.4. The molecule has 4 nitrogen and oxygen atoms in total. The summed E-state index contributed by atoms with van der Waals surface area (Å²) in [4.78, 5) is 14.4. The van der Waals surface area contributed by atoms with Crippen molar-refractivity contribution < 1.29 is 4.79 Å². The van der Waals surface area contributed by atoms with Gasteiger partial charge in [-0.05, 0) is 30.2 Å². The summed E-state index contributed by atoms with van der Waals surface area (Å²) in [6, 6.07) is 9.80. The number of aromatic nitrogens is 2. The van der Waals surface area contributed by atoms with E-state index in [1.807, 2.05) is 35.2 Å². The third-order valence-electron chi connectivity index (χ3n) is 3.68. The summed E-state index contributed by atoms with van der Waals surface area (Å²) < 4.78 is 0. The molecule has 1 N–H and O–H groups in total. The minimum absolute atomic E-state index is 0.0954. The smallest absolute Gasteiger partial charge is 0.254 e. The average Bonchev–Trinajstić information content (AvgIpc) is 3.17. The first-order chi connectivity index (χ1) is 9.79. The van der Waals surface area contributed by atoms with E-state index in [4.69, 9.17) is 0 Å². The minimum atomic E-state index is 0.0954. The zero-order chi connectivity index (χ0) is 13.9. The van der Waals surface area contributed by atoms with Crippen LogP contribution < -0.4 is 0 Å². The molecule has 3 rings (SSSR count). The number of nitrogens with one attached hydrogen (secondary N) is 1. The normalized spacial score (nSPS) is 17.6. The van der Waals surface area contributed by atoms with E-state index in [2.05, 4.69) is 29.3 Å². The van der Waals surface area contributed by atoms with Crippen molar-refractivity contribution in [2.24, 2.45) is 0 Å². The van der Waals surface area contributed by atoms with Crippen molar-refractivity contribution in [1.82, 2.24) is 15.1 Å². The van der Waals surface area contributed by atoms with E-state index < -0.39 is 0 Å². The third-order valence-corrected chi connectivity index (χ3v) is 3.68. The summed E-state index contributed by atoms with van der Waals surface area (Å²) in [5, 5.41) is 6.85. The molecule has 1 aliphatic heterocycles. The van der Waals surface area contributed by atoms with E-state index in [0.717, 1.165) is 23.2 Å². The highest BCUT2D eigenvalue weighted by Crippen LogP contribution is 2.20. The molecule has 1 aromatic carbocycles. The Morgan fingerprint density at radius 1 is 1.35 bits per heavy atom. The molecule has 1 atom stereocenters. The number of nitrogens with zero attached hydrogens (tertiary/aromatic N) is 2. The second-order valence-corrected chi connectivity index (χ2v) is 4.91. The Balaban J connectivity index is 1.79. The van der Waals surface area contributed by atoms with E-state index >= 15 is 0 Å². The van der Waals surface area contributed by atoms with Gasteiger partial charge in [0, 0.05) is 18.3 Å². The van der Waals surface area contributed by atoms with Gasteiger partial charge >= 0.3 is 0 Å². The van der Waals surface area contributed by atoms with E-state index in [0.29, 0.717) is 6.54 Å².